The molecular formula is C28H27N3O6. The Bertz CT molecular complexity index is 1520. The number of nitrogens with zero attached hydrogens (tertiary/aromatic N) is 1. The quantitative estimate of drug-likeness (QED) is 0.187. The van der Waals surface area contributed by atoms with Crippen molar-refractivity contribution in [2.24, 2.45) is 0 Å². The number of aryl methyl sites for hydroxylation is 2. The van der Waals surface area contributed by atoms with Crippen molar-refractivity contribution in [3.8, 4) is 28.6 Å². The van der Waals surface area contributed by atoms with E-state index in [1.807, 2.05) is 50.2 Å². The van der Waals surface area contributed by atoms with Gasteiger partial charge in [0.05, 0.1) is 19.7 Å². The predicted octanol–water partition coefficient (Wildman–Crippen LogP) is 4.32. The van der Waals surface area contributed by atoms with E-state index in [4.69, 9.17) is 19.4 Å². The molecular weight excluding hydrogens is 474 g/mol. The predicted molar refractivity (Wildman–Crippen MR) is 140 cm³/mol. The first kappa shape index (κ1) is 25.5. The van der Waals surface area contributed by atoms with Crippen molar-refractivity contribution in [1.29, 1.82) is 0 Å². The number of ether oxygens (including phenoxy) is 3. The summed E-state index contributed by atoms with van der Waals surface area (Å²) in [5.41, 5.74) is 6.32. The van der Waals surface area contributed by atoms with E-state index in [0.29, 0.717) is 40.6 Å². The molecule has 1 amide bonds. The van der Waals surface area contributed by atoms with Crippen molar-refractivity contribution in [2.45, 2.75) is 20.5 Å². The number of hydrogen-bond donors (Lipinski definition) is 3. The Morgan fingerprint density at radius 3 is 2.35 bits per heavy atom. The van der Waals surface area contributed by atoms with Crippen LogP contribution in [0.4, 0.5) is 0 Å². The first-order chi connectivity index (χ1) is 17.8. The summed E-state index contributed by atoms with van der Waals surface area (Å²) in [5, 5.41) is 9.01. The summed E-state index contributed by atoms with van der Waals surface area (Å²) >= 11 is 0. The zero-order valence-corrected chi connectivity index (χ0v) is 20.9. The van der Waals surface area contributed by atoms with Gasteiger partial charge in [-0.15, -0.1) is 0 Å². The van der Waals surface area contributed by atoms with Gasteiger partial charge >= 0.3 is 0 Å². The monoisotopic (exact) mass is 501 g/mol. The molecule has 3 N–H and O–H groups in total. The fourth-order valence-electron chi connectivity index (χ4n) is 4.11. The number of aromatic amines is 1. The number of H-pyrrole nitrogens is 1. The molecule has 190 valence electrons. The molecule has 4 aromatic rings. The number of rotatable bonds is 8. The minimum absolute atomic E-state index is 0.305. The smallest absolute Gasteiger partial charge is 0.267 e. The van der Waals surface area contributed by atoms with Crippen molar-refractivity contribution in [3.63, 3.8) is 0 Å². The molecule has 0 atom stereocenters. The molecule has 0 fully saturated rings. The molecule has 3 aromatic carbocycles. The molecule has 0 bridgehead atoms. The summed E-state index contributed by atoms with van der Waals surface area (Å²) in [4.78, 5) is 31.5. The van der Waals surface area contributed by atoms with Crippen LogP contribution >= 0.6 is 0 Å². The van der Waals surface area contributed by atoms with Gasteiger partial charge in [-0.1, -0.05) is 12.1 Å². The molecule has 0 saturated heterocycles. The number of benzene rings is 3. The van der Waals surface area contributed by atoms with Crippen molar-refractivity contribution < 1.29 is 24.2 Å². The van der Waals surface area contributed by atoms with Gasteiger partial charge in [0.1, 0.15) is 35.1 Å². The minimum Gasteiger partial charge on any atom is -0.497 e. The van der Waals surface area contributed by atoms with E-state index in [1.165, 1.54) is 13.2 Å². The average Bonchev–Trinajstić information content (AvgIpc) is 2.90. The number of hydrogen-bond acceptors (Lipinski definition) is 7. The van der Waals surface area contributed by atoms with E-state index >= 15 is 0 Å². The fourth-order valence-corrected chi connectivity index (χ4v) is 4.11. The van der Waals surface area contributed by atoms with Gasteiger partial charge in [-0.25, -0.2) is 10.5 Å². The molecule has 1 heterocycles. The standard InChI is InChI=1S/C28H27N3O6/c1-16-11-18(12-17(2)22(16)9-10-25(32)31-34)15-37-20-7-5-19(6-8-20)27-29-23-13-21(35-3)14-24(36-4)26(23)28(33)30-27/h5-14,34H,15H2,1-4H3,(H,31,32)(H,29,30,33)/b10-9+. The Morgan fingerprint density at radius 2 is 1.73 bits per heavy atom. The third-order valence-electron chi connectivity index (χ3n) is 5.90. The number of aromatic nitrogens is 2. The molecule has 9 nitrogen and oxygen atoms in total. The molecule has 0 aliphatic carbocycles. The molecule has 37 heavy (non-hydrogen) atoms. The van der Waals surface area contributed by atoms with Crippen LogP contribution in [0.2, 0.25) is 0 Å². The second-order valence-corrected chi connectivity index (χ2v) is 8.40. The Hall–Kier alpha value is -4.63. The van der Waals surface area contributed by atoms with Crippen LogP contribution in [0.3, 0.4) is 0 Å². The average molecular weight is 502 g/mol. The lowest BCUT2D eigenvalue weighted by atomic mass is 9.99. The van der Waals surface area contributed by atoms with Gasteiger partial charge in [0.15, 0.2) is 0 Å². The van der Waals surface area contributed by atoms with Crippen molar-refractivity contribution in [2.75, 3.05) is 14.2 Å². The van der Waals surface area contributed by atoms with Crippen molar-refractivity contribution in [1.82, 2.24) is 15.4 Å². The second kappa shape index (κ2) is 11.0. The van der Waals surface area contributed by atoms with E-state index in [9.17, 15) is 9.59 Å². The maximum Gasteiger partial charge on any atom is 0.267 e. The number of hydroxylamine groups is 1. The summed E-state index contributed by atoms with van der Waals surface area (Å²) in [5.74, 6) is 1.43. The Labute approximate surface area is 213 Å². The van der Waals surface area contributed by atoms with Crippen LogP contribution in [0.5, 0.6) is 17.2 Å². The van der Waals surface area contributed by atoms with Gasteiger partial charge in [-0.3, -0.25) is 14.8 Å². The molecule has 4 rings (SSSR count). The summed E-state index contributed by atoms with van der Waals surface area (Å²) in [6, 6.07) is 14.6. The van der Waals surface area contributed by atoms with E-state index in [1.54, 1.807) is 30.8 Å². The summed E-state index contributed by atoms with van der Waals surface area (Å²) < 4.78 is 16.6. The normalized spacial score (nSPS) is 11.1. The zero-order chi connectivity index (χ0) is 26.5. The molecule has 0 spiro atoms. The maximum atomic E-state index is 12.8. The summed E-state index contributed by atoms with van der Waals surface area (Å²) in [7, 11) is 3.04. The lowest BCUT2D eigenvalue weighted by Crippen LogP contribution is -2.14. The van der Waals surface area contributed by atoms with Crippen LogP contribution in [0.1, 0.15) is 22.3 Å². The van der Waals surface area contributed by atoms with Crippen LogP contribution in [0.25, 0.3) is 28.4 Å². The third kappa shape index (κ3) is 5.62. The van der Waals surface area contributed by atoms with E-state index in [2.05, 4.69) is 9.97 Å². The molecule has 0 saturated carbocycles. The Kier molecular flexibility index (Phi) is 7.55. The summed E-state index contributed by atoms with van der Waals surface area (Å²) in [6.45, 7) is 4.25. The Balaban J connectivity index is 1.52. The number of carbonyl (C=O) groups is 1. The maximum absolute atomic E-state index is 12.8. The molecule has 1 aromatic heterocycles. The van der Waals surface area contributed by atoms with Gasteiger partial charge in [-0.05, 0) is 66.4 Å². The highest BCUT2D eigenvalue weighted by Gasteiger charge is 2.13. The van der Waals surface area contributed by atoms with Crippen LogP contribution in [0.15, 0.2) is 59.4 Å². The number of carbonyl (C=O) groups excluding carboxylic acids is 1. The lowest BCUT2D eigenvalue weighted by molar-refractivity contribution is -0.124. The highest BCUT2D eigenvalue weighted by Crippen LogP contribution is 2.29. The highest BCUT2D eigenvalue weighted by atomic mass is 16.5. The van der Waals surface area contributed by atoms with Gasteiger partial charge in [0.25, 0.3) is 11.5 Å². The largest absolute Gasteiger partial charge is 0.497 e. The first-order valence-corrected chi connectivity index (χ1v) is 11.4. The zero-order valence-electron chi connectivity index (χ0n) is 20.9. The third-order valence-corrected chi connectivity index (χ3v) is 5.90. The molecule has 9 heteroatoms. The highest BCUT2D eigenvalue weighted by molar-refractivity contribution is 5.91. The molecule has 0 aliphatic heterocycles. The van der Waals surface area contributed by atoms with Crippen LogP contribution in [0, 0.1) is 13.8 Å². The lowest BCUT2D eigenvalue weighted by Gasteiger charge is -2.12. The van der Waals surface area contributed by atoms with Crippen LogP contribution in [-0.2, 0) is 11.4 Å². The van der Waals surface area contributed by atoms with E-state index < -0.39 is 5.91 Å². The van der Waals surface area contributed by atoms with Gasteiger partial charge in [0.2, 0.25) is 0 Å². The SMILES string of the molecule is COc1cc(OC)c2c(=O)[nH]c(-c3ccc(OCc4cc(C)c(/C=C/C(=O)NO)c(C)c4)cc3)nc2c1. The Morgan fingerprint density at radius 1 is 1.03 bits per heavy atom. The van der Waals surface area contributed by atoms with Crippen molar-refractivity contribution in [3.05, 3.63) is 87.2 Å². The number of methoxy groups -OCH3 is 2. The molecule has 0 aliphatic rings. The van der Waals surface area contributed by atoms with Crippen LogP contribution in [-0.4, -0.2) is 35.3 Å². The topological polar surface area (TPSA) is 123 Å². The first-order valence-electron chi connectivity index (χ1n) is 11.4. The van der Waals surface area contributed by atoms with Crippen LogP contribution < -0.4 is 25.2 Å². The minimum atomic E-state index is -0.586. The van der Waals surface area contributed by atoms with Gasteiger partial charge < -0.3 is 19.2 Å². The van der Waals surface area contributed by atoms with Crippen molar-refractivity contribution >= 4 is 22.9 Å². The summed E-state index contributed by atoms with van der Waals surface area (Å²) in [6.07, 6.45) is 2.94. The van der Waals surface area contributed by atoms with Gasteiger partial charge in [0, 0.05) is 23.8 Å². The number of fused-ring (bicyclic) bond motifs is 1. The van der Waals surface area contributed by atoms with Gasteiger partial charge in [-0.2, -0.15) is 0 Å². The van der Waals surface area contributed by atoms with E-state index in [0.717, 1.165) is 27.8 Å². The fraction of sp³-hybridized carbons (Fsp3) is 0.179. The molecule has 0 unspecified atom stereocenters. The molecule has 0 radical (unpaired) electrons. The number of nitrogens with one attached hydrogen (secondary N) is 2. The second-order valence-electron chi connectivity index (χ2n) is 8.40. The number of amides is 1. The van der Waals surface area contributed by atoms with E-state index in [-0.39, 0.29) is 5.56 Å².